The zero-order chi connectivity index (χ0) is 17.5. The van der Waals surface area contributed by atoms with E-state index in [1.165, 1.54) is 0 Å². The van der Waals surface area contributed by atoms with Gasteiger partial charge in [0.2, 0.25) is 5.91 Å². The van der Waals surface area contributed by atoms with Gasteiger partial charge < -0.3 is 20.7 Å². The molecule has 0 saturated carbocycles. The summed E-state index contributed by atoms with van der Waals surface area (Å²) in [5, 5.41) is 9.14. The largest absolute Gasteiger partial charge is 0.497 e. The molecule has 1 saturated heterocycles. The van der Waals surface area contributed by atoms with Gasteiger partial charge in [-0.15, -0.1) is 0 Å². The number of ether oxygens (including phenoxy) is 1. The number of nitrogens with one attached hydrogen (secondary N) is 3. The van der Waals surface area contributed by atoms with Crippen molar-refractivity contribution in [1.29, 1.82) is 0 Å². The quantitative estimate of drug-likeness (QED) is 0.733. The first-order valence-electron chi connectivity index (χ1n) is 8.47. The summed E-state index contributed by atoms with van der Waals surface area (Å²) in [6.45, 7) is 5.58. The molecule has 1 atom stereocenters. The minimum absolute atomic E-state index is 0.0413. The smallest absolute Gasteiger partial charge is 0.251 e. The number of rotatable bonds is 6. The summed E-state index contributed by atoms with van der Waals surface area (Å²) in [7, 11) is 1.58. The van der Waals surface area contributed by atoms with Crippen LogP contribution >= 0.6 is 0 Å². The van der Waals surface area contributed by atoms with Gasteiger partial charge in [-0.3, -0.25) is 9.59 Å². The van der Waals surface area contributed by atoms with Gasteiger partial charge in [-0.2, -0.15) is 0 Å². The van der Waals surface area contributed by atoms with Crippen LogP contribution in [0.4, 0.5) is 0 Å². The van der Waals surface area contributed by atoms with Crippen LogP contribution in [0.15, 0.2) is 24.3 Å². The fourth-order valence-electron chi connectivity index (χ4n) is 2.92. The van der Waals surface area contributed by atoms with E-state index in [0.29, 0.717) is 11.3 Å². The first-order valence-corrected chi connectivity index (χ1v) is 8.47. The Morgan fingerprint density at radius 1 is 1.12 bits per heavy atom. The van der Waals surface area contributed by atoms with Gasteiger partial charge in [0.05, 0.1) is 7.11 Å². The Labute approximate surface area is 143 Å². The van der Waals surface area contributed by atoms with E-state index in [1.54, 1.807) is 31.4 Å². The van der Waals surface area contributed by atoms with E-state index in [2.05, 4.69) is 16.0 Å². The summed E-state index contributed by atoms with van der Waals surface area (Å²) in [5.74, 6) is 0.491. The molecule has 1 fully saturated rings. The van der Waals surface area contributed by atoms with Gasteiger partial charge in [0.1, 0.15) is 11.8 Å². The van der Waals surface area contributed by atoms with E-state index in [9.17, 15) is 9.59 Å². The van der Waals surface area contributed by atoms with Crippen LogP contribution < -0.4 is 20.7 Å². The second-order valence-corrected chi connectivity index (χ2v) is 6.43. The average Bonchev–Trinajstić information content (AvgIpc) is 2.59. The van der Waals surface area contributed by atoms with E-state index in [-0.39, 0.29) is 23.8 Å². The molecule has 1 heterocycles. The van der Waals surface area contributed by atoms with Crippen molar-refractivity contribution in [1.82, 2.24) is 16.0 Å². The van der Waals surface area contributed by atoms with Crippen LogP contribution in [0, 0.1) is 5.92 Å². The third-order valence-electron chi connectivity index (χ3n) is 4.21. The Kier molecular flexibility index (Phi) is 6.61. The molecule has 1 aliphatic rings. The number of carbonyl (C=O) groups excluding carboxylic acids is 2. The first-order chi connectivity index (χ1) is 11.5. The molecule has 2 amide bonds. The second-order valence-electron chi connectivity index (χ2n) is 6.43. The van der Waals surface area contributed by atoms with Crippen LogP contribution in [-0.4, -0.2) is 44.1 Å². The monoisotopic (exact) mass is 333 g/mol. The van der Waals surface area contributed by atoms with Crippen LogP contribution in [0.25, 0.3) is 0 Å². The van der Waals surface area contributed by atoms with Gasteiger partial charge in [-0.25, -0.2) is 0 Å². The van der Waals surface area contributed by atoms with E-state index in [0.717, 1.165) is 25.9 Å². The molecule has 0 bridgehead atoms. The van der Waals surface area contributed by atoms with Crippen LogP contribution in [0.1, 0.15) is 37.0 Å². The third kappa shape index (κ3) is 4.96. The van der Waals surface area contributed by atoms with Gasteiger partial charge in [-0.05, 0) is 70.0 Å². The fourth-order valence-corrected chi connectivity index (χ4v) is 2.92. The molecule has 0 aromatic heterocycles. The molecule has 0 aliphatic carbocycles. The Bertz CT molecular complexity index is 551. The third-order valence-corrected chi connectivity index (χ3v) is 4.21. The summed E-state index contributed by atoms with van der Waals surface area (Å²) >= 11 is 0. The van der Waals surface area contributed by atoms with Crippen LogP contribution in [0.5, 0.6) is 5.75 Å². The molecule has 24 heavy (non-hydrogen) atoms. The molecule has 1 aromatic rings. The van der Waals surface area contributed by atoms with Crippen LogP contribution in [0.2, 0.25) is 0 Å². The highest BCUT2D eigenvalue weighted by Crippen LogP contribution is 2.18. The molecule has 1 unspecified atom stereocenters. The molecular formula is C18H27N3O3. The van der Waals surface area contributed by atoms with Gasteiger partial charge in [0.25, 0.3) is 5.91 Å². The molecule has 132 valence electrons. The summed E-state index contributed by atoms with van der Waals surface area (Å²) < 4.78 is 5.10. The molecule has 1 aromatic carbocycles. The normalized spacial score (nSPS) is 16.5. The molecular weight excluding hydrogens is 306 g/mol. The van der Waals surface area contributed by atoms with Crippen molar-refractivity contribution < 1.29 is 14.3 Å². The SMILES string of the molecule is COc1ccc(C(=O)NC(C(=O)NC(C)C)C2CCNCC2)cc1. The fraction of sp³-hybridized carbons (Fsp3) is 0.556. The molecule has 3 N–H and O–H groups in total. The predicted molar refractivity (Wildman–Crippen MR) is 93.1 cm³/mol. The standard InChI is InChI=1S/C18H27N3O3/c1-12(2)20-18(23)16(13-8-10-19-11-9-13)21-17(22)14-4-6-15(24-3)7-5-14/h4-7,12-13,16,19H,8-11H2,1-3H3,(H,20,23)(H,21,22). The average molecular weight is 333 g/mol. The Morgan fingerprint density at radius 2 is 1.75 bits per heavy atom. The second kappa shape index (κ2) is 8.68. The zero-order valence-corrected chi connectivity index (χ0v) is 14.6. The van der Waals surface area contributed by atoms with Crippen molar-refractivity contribution in [2.75, 3.05) is 20.2 Å². The minimum Gasteiger partial charge on any atom is -0.497 e. The number of hydrogen-bond donors (Lipinski definition) is 3. The predicted octanol–water partition coefficient (Wildman–Crippen LogP) is 1.32. The summed E-state index contributed by atoms with van der Waals surface area (Å²) in [4.78, 5) is 25.1. The lowest BCUT2D eigenvalue weighted by Gasteiger charge is -2.31. The van der Waals surface area contributed by atoms with E-state index < -0.39 is 6.04 Å². The Balaban J connectivity index is 2.10. The lowest BCUT2D eigenvalue weighted by atomic mass is 9.89. The highest BCUT2D eigenvalue weighted by atomic mass is 16.5. The van der Waals surface area contributed by atoms with Crippen molar-refractivity contribution >= 4 is 11.8 Å². The van der Waals surface area contributed by atoms with Gasteiger partial charge in [0, 0.05) is 11.6 Å². The zero-order valence-electron chi connectivity index (χ0n) is 14.6. The molecule has 6 nitrogen and oxygen atoms in total. The maximum atomic E-state index is 12.6. The van der Waals surface area contributed by atoms with Crippen molar-refractivity contribution in [3.63, 3.8) is 0 Å². The summed E-state index contributed by atoms with van der Waals surface area (Å²) in [5.41, 5.74) is 0.520. The van der Waals surface area contributed by atoms with E-state index >= 15 is 0 Å². The number of benzene rings is 1. The van der Waals surface area contributed by atoms with Gasteiger partial charge in [-0.1, -0.05) is 0 Å². The number of methoxy groups -OCH3 is 1. The van der Waals surface area contributed by atoms with E-state index in [1.807, 2.05) is 13.8 Å². The van der Waals surface area contributed by atoms with Gasteiger partial charge >= 0.3 is 0 Å². The van der Waals surface area contributed by atoms with Crippen molar-refractivity contribution in [3.8, 4) is 5.75 Å². The van der Waals surface area contributed by atoms with Crippen molar-refractivity contribution in [3.05, 3.63) is 29.8 Å². The number of piperidine rings is 1. The van der Waals surface area contributed by atoms with Gasteiger partial charge in [0.15, 0.2) is 0 Å². The maximum Gasteiger partial charge on any atom is 0.251 e. The highest BCUT2D eigenvalue weighted by Gasteiger charge is 2.31. The summed E-state index contributed by atoms with van der Waals surface area (Å²) in [6.07, 6.45) is 1.75. The molecule has 0 radical (unpaired) electrons. The molecule has 1 aliphatic heterocycles. The van der Waals surface area contributed by atoms with Crippen LogP contribution in [-0.2, 0) is 4.79 Å². The number of amides is 2. The number of hydrogen-bond acceptors (Lipinski definition) is 4. The van der Waals surface area contributed by atoms with Crippen LogP contribution in [0.3, 0.4) is 0 Å². The molecule has 6 heteroatoms. The minimum atomic E-state index is -0.510. The maximum absolute atomic E-state index is 12.6. The highest BCUT2D eigenvalue weighted by molar-refractivity contribution is 5.97. The molecule has 0 spiro atoms. The molecule has 2 rings (SSSR count). The number of carbonyl (C=O) groups is 2. The Morgan fingerprint density at radius 3 is 2.29 bits per heavy atom. The lowest BCUT2D eigenvalue weighted by molar-refractivity contribution is -0.125. The Hall–Kier alpha value is -2.08. The lowest BCUT2D eigenvalue weighted by Crippen LogP contribution is -2.54. The van der Waals surface area contributed by atoms with Crippen molar-refractivity contribution in [2.45, 2.75) is 38.8 Å². The topological polar surface area (TPSA) is 79.5 Å². The summed E-state index contributed by atoms with van der Waals surface area (Å²) in [6, 6.07) is 6.41. The van der Waals surface area contributed by atoms with E-state index in [4.69, 9.17) is 4.74 Å². The van der Waals surface area contributed by atoms with Crippen molar-refractivity contribution in [2.24, 2.45) is 5.92 Å². The first kappa shape index (κ1) is 18.3.